The molecule has 0 aliphatic rings. The lowest BCUT2D eigenvalue weighted by Gasteiger charge is -2.23. The molecule has 0 aromatic heterocycles. The Hall–Kier alpha value is -2.68. The maximum Gasteiger partial charge on any atom is 0.175 e. The van der Waals surface area contributed by atoms with Crippen LogP contribution in [0.15, 0.2) is 73.1 Å². The topological polar surface area (TPSA) is 20.3 Å². The number of benzene rings is 2. The third-order valence-corrected chi connectivity index (χ3v) is 3.80. The summed E-state index contributed by atoms with van der Waals surface area (Å²) in [5.41, 5.74) is 3.65. The van der Waals surface area contributed by atoms with Crippen LogP contribution in [0.25, 0.3) is 11.1 Å². The zero-order valence-corrected chi connectivity index (χ0v) is 14.1. The van der Waals surface area contributed by atoms with E-state index in [4.69, 9.17) is 0 Å². The molecule has 0 bridgehead atoms. The van der Waals surface area contributed by atoms with Crippen LogP contribution in [0.4, 0.5) is 4.39 Å². The van der Waals surface area contributed by atoms with Gasteiger partial charge < -0.3 is 4.90 Å². The molecule has 0 aliphatic carbocycles. The van der Waals surface area contributed by atoms with Crippen molar-refractivity contribution in [3.8, 4) is 11.1 Å². The average Bonchev–Trinajstić information content (AvgIpc) is 2.59. The molecule has 0 amide bonds. The average molecular weight is 323 g/mol. The summed E-state index contributed by atoms with van der Waals surface area (Å²) in [4.78, 5) is 13.8. The highest BCUT2D eigenvalue weighted by Crippen LogP contribution is 2.26. The summed E-state index contributed by atoms with van der Waals surface area (Å²) in [5.74, 6) is -0.246. The number of hydrogen-bond donors (Lipinski definition) is 0. The summed E-state index contributed by atoms with van der Waals surface area (Å²) in [6, 6.07) is 14.4. The summed E-state index contributed by atoms with van der Waals surface area (Å²) < 4.78 is 13.2. The predicted octanol–water partition coefficient (Wildman–Crippen LogP) is 5.32. The minimum atomic E-state index is -0.256. The second kappa shape index (κ2) is 8.25. The first kappa shape index (κ1) is 17.7. The highest BCUT2D eigenvalue weighted by molar-refractivity contribution is 5.92. The maximum atomic E-state index is 13.2. The van der Waals surface area contributed by atoms with Gasteiger partial charge in [0.1, 0.15) is 5.82 Å². The number of rotatable bonds is 7. The number of halogens is 1. The minimum Gasteiger partial charge on any atom is -0.342 e. The van der Waals surface area contributed by atoms with E-state index in [2.05, 4.69) is 6.58 Å². The van der Waals surface area contributed by atoms with Gasteiger partial charge in [0.2, 0.25) is 0 Å². The van der Waals surface area contributed by atoms with E-state index in [0.717, 1.165) is 23.1 Å². The lowest BCUT2D eigenvalue weighted by Crippen LogP contribution is -2.21. The SMILES string of the molecule is C=CN(Cc1ccccc1-c1ccc(F)cc1)/C(=C\CC)C(C)=O. The summed E-state index contributed by atoms with van der Waals surface area (Å²) >= 11 is 0. The van der Waals surface area contributed by atoms with Crippen LogP contribution in [-0.2, 0) is 11.3 Å². The van der Waals surface area contributed by atoms with E-state index in [1.807, 2.05) is 42.2 Å². The highest BCUT2D eigenvalue weighted by Gasteiger charge is 2.14. The number of allylic oxidation sites excluding steroid dienone is 2. The molecule has 0 saturated carbocycles. The number of ketones is 1. The smallest absolute Gasteiger partial charge is 0.175 e. The molecule has 0 radical (unpaired) electrons. The van der Waals surface area contributed by atoms with Crippen LogP contribution in [0.1, 0.15) is 25.8 Å². The molecule has 2 nitrogen and oxygen atoms in total. The molecule has 2 aromatic rings. The Kier molecular flexibility index (Phi) is 6.07. The molecule has 0 unspecified atom stereocenters. The molecule has 3 heteroatoms. The van der Waals surface area contributed by atoms with Crippen molar-refractivity contribution in [3.63, 3.8) is 0 Å². The van der Waals surface area contributed by atoms with Gasteiger partial charge in [0.05, 0.1) is 5.70 Å². The number of carbonyl (C=O) groups excluding carboxylic acids is 1. The first-order valence-electron chi connectivity index (χ1n) is 8.01. The summed E-state index contributed by atoms with van der Waals surface area (Å²) in [7, 11) is 0. The number of Topliss-reactive ketones (excluding diaryl/α,β-unsaturated/α-hetero) is 1. The first-order valence-corrected chi connectivity index (χ1v) is 8.01. The first-order chi connectivity index (χ1) is 11.6. The predicted molar refractivity (Wildman–Crippen MR) is 96.6 cm³/mol. The van der Waals surface area contributed by atoms with Crippen LogP contribution >= 0.6 is 0 Å². The van der Waals surface area contributed by atoms with Crippen LogP contribution in [0, 0.1) is 5.82 Å². The van der Waals surface area contributed by atoms with Crippen molar-refractivity contribution in [1.82, 2.24) is 4.90 Å². The van der Waals surface area contributed by atoms with Crippen molar-refractivity contribution in [1.29, 1.82) is 0 Å². The lowest BCUT2D eigenvalue weighted by atomic mass is 9.99. The molecule has 0 N–H and O–H groups in total. The lowest BCUT2D eigenvalue weighted by molar-refractivity contribution is -0.114. The molecule has 2 aromatic carbocycles. The molecule has 0 aliphatic heterocycles. The van der Waals surface area contributed by atoms with Crippen LogP contribution in [0.5, 0.6) is 0 Å². The summed E-state index contributed by atoms with van der Waals surface area (Å²) in [6.07, 6.45) is 4.35. The van der Waals surface area contributed by atoms with Gasteiger partial charge in [0, 0.05) is 13.5 Å². The normalized spacial score (nSPS) is 11.2. The van der Waals surface area contributed by atoms with E-state index >= 15 is 0 Å². The monoisotopic (exact) mass is 323 g/mol. The fourth-order valence-electron chi connectivity index (χ4n) is 2.66. The fraction of sp³-hybridized carbons (Fsp3) is 0.190. The second-order valence-electron chi connectivity index (χ2n) is 5.53. The maximum absolute atomic E-state index is 13.2. The third-order valence-electron chi connectivity index (χ3n) is 3.80. The van der Waals surface area contributed by atoms with E-state index < -0.39 is 0 Å². The number of hydrogen-bond acceptors (Lipinski definition) is 2. The minimum absolute atomic E-state index is 0.0102. The van der Waals surface area contributed by atoms with Crippen LogP contribution < -0.4 is 0 Å². The van der Waals surface area contributed by atoms with E-state index in [0.29, 0.717) is 12.2 Å². The van der Waals surface area contributed by atoms with Crippen molar-refractivity contribution < 1.29 is 9.18 Å². The van der Waals surface area contributed by atoms with E-state index in [9.17, 15) is 9.18 Å². The van der Waals surface area contributed by atoms with Gasteiger partial charge in [-0.25, -0.2) is 4.39 Å². The number of carbonyl (C=O) groups is 1. The van der Waals surface area contributed by atoms with Gasteiger partial charge >= 0.3 is 0 Å². The molecular formula is C21H22FNO. The Morgan fingerprint density at radius 3 is 2.42 bits per heavy atom. The third kappa shape index (κ3) is 4.19. The van der Waals surface area contributed by atoms with E-state index in [-0.39, 0.29) is 11.6 Å². The largest absolute Gasteiger partial charge is 0.342 e. The quantitative estimate of drug-likeness (QED) is 0.643. The number of nitrogens with zero attached hydrogens (tertiary/aromatic N) is 1. The Bertz CT molecular complexity index is 747. The van der Waals surface area contributed by atoms with Crippen molar-refractivity contribution in [3.05, 3.63) is 84.5 Å². The standard InChI is InChI=1S/C21H22FNO/c1-4-8-21(16(3)24)23(5-2)15-18-9-6-7-10-20(18)17-11-13-19(22)14-12-17/h5-14H,2,4,15H2,1,3H3/b21-8-. The van der Waals surface area contributed by atoms with E-state index in [1.165, 1.54) is 12.1 Å². The highest BCUT2D eigenvalue weighted by atomic mass is 19.1. The van der Waals surface area contributed by atoms with Gasteiger partial charge in [0.25, 0.3) is 0 Å². The van der Waals surface area contributed by atoms with Gasteiger partial charge in [-0.2, -0.15) is 0 Å². The summed E-state index contributed by atoms with van der Waals surface area (Å²) in [6.45, 7) is 7.93. The Balaban J connectivity index is 2.38. The fourth-order valence-corrected chi connectivity index (χ4v) is 2.66. The van der Waals surface area contributed by atoms with Crippen molar-refractivity contribution in [2.24, 2.45) is 0 Å². The molecule has 0 atom stereocenters. The van der Waals surface area contributed by atoms with Crippen LogP contribution in [-0.4, -0.2) is 10.7 Å². The molecule has 124 valence electrons. The Morgan fingerprint density at radius 1 is 1.17 bits per heavy atom. The van der Waals surface area contributed by atoms with Gasteiger partial charge in [-0.3, -0.25) is 4.79 Å². The Labute approximate surface area is 142 Å². The molecule has 0 saturated heterocycles. The Morgan fingerprint density at radius 2 is 1.83 bits per heavy atom. The van der Waals surface area contributed by atoms with Crippen LogP contribution in [0.2, 0.25) is 0 Å². The van der Waals surface area contributed by atoms with Gasteiger partial charge in [0.15, 0.2) is 5.78 Å². The molecular weight excluding hydrogens is 301 g/mol. The zero-order valence-electron chi connectivity index (χ0n) is 14.1. The van der Waals surface area contributed by atoms with Gasteiger partial charge in [-0.05, 0) is 41.4 Å². The van der Waals surface area contributed by atoms with Crippen molar-refractivity contribution in [2.45, 2.75) is 26.8 Å². The molecule has 2 rings (SSSR count). The molecule has 24 heavy (non-hydrogen) atoms. The zero-order chi connectivity index (χ0) is 17.5. The van der Waals surface area contributed by atoms with E-state index in [1.54, 1.807) is 25.3 Å². The van der Waals surface area contributed by atoms with Gasteiger partial charge in [-0.1, -0.05) is 56.0 Å². The summed E-state index contributed by atoms with van der Waals surface area (Å²) in [5, 5.41) is 0. The molecule has 0 fully saturated rings. The van der Waals surface area contributed by atoms with Gasteiger partial charge in [-0.15, -0.1) is 0 Å². The second-order valence-corrected chi connectivity index (χ2v) is 5.53. The molecule has 0 spiro atoms. The van der Waals surface area contributed by atoms with Crippen molar-refractivity contribution >= 4 is 5.78 Å². The van der Waals surface area contributed by atoms with Crippen LogP contribution in [0.3, 0.4) is 0 Å². The van der Waals surface area contributed by atoms with Crippen molar-refractivity contribution in [2.75, 3.05) is 0 Å². The molecule has 0 heterocycles.